The van der Waals surface area contributed by atoms with Crippen LogP contribution in [0.5, 0.6) is 0 Å². The second kappa shape index (κ2) is 3.59. The first kappa shape index (κ1) is 9.49. The fraction of sp³-hybridized carbons (Fsp3) is 0.100. The Kier molecular flexibility index (Phi) is 2.44. The molecule has 2 aromatic rings. The molecule has 14 heavy (non-hydrogen) atoms. The first-order valence-electron chi connectivity index (χ1n) is 4.14. The molecule has 0 spiro atoms. The number of aromatic nitrogens is 1. The second-order valence-corrected chi connectivity index (χ2v) is 4.33. The molecule has 0 saturated carbocycles. The van der Waals surface area contributed by atoms with Crippen molar-refractivity contribution in [3.63, 3.8) is 0 Å². The van der Waals surface area contributed by atoms with Crippen molar-refractivity contribution in [2.75, 3.05) is 5.73 Å². The quantitative estimate of drug-likeness (QED) is 0.807. The number of hydrogen-bond donors (Lipinski definition) is 1. The average Bonchev–Trinajstić information content (AvgIpc) is 2.51. The molecular weight excluding hydrogens is 216 g/mol. The van der Waals surface area contributed by atoms with Gasteiger partial charge in [-0.05, 0) is 24.6 Å². The molecule has 1 heterocycles. The number of anilines is 1. The Balaban J connectivity index is 2.52. The summed E-state index contributed by atoms with van der Waals surface area (Å²) in [6.07, 6.45) is 0. The zero-order valence-corrected chi connectivity index (χ0v) is 9.19. The molecule has 1 aromatic carbocycles. The molecule has 0 aliphatic rings. The lowest BCUT2D eigenvalue weighted by molar-refractivity contribution is 1.38. The predicted octanol–water partition coefficient (Wildman–Crippen LogP) is 3.35. The third-order valence-corrected chi connectivity index (χ3v) is 3.07. The Labute approximate surface area is 91.4 Å². The van der Waals surface area contributed by atoms with Crippen molar-refractivity contribution in [1.82, 2.24) is 4.98 Å². The number of nitrogens with zero attached hydrogens (tertiary/aromatic N) is 1. The third kappa shape index (κ3) is 1.74. The number of nitrogens with two attached hydrogens (primary N) is 1. The monoisotopic (exact) mass is 224 g/mol. The van der Waals surface area contributed by atoms with Crippen LogP contribution >= 0.6 is 22.9 Å². The summed E-state index contributed by atoms with van der Waals surface area (Å²) >= 11 is 7.41. The van der Waals surface area contributed by atoms with Gasteiger partial charge in [0.15, 0.2) is 0 Å². The molecule has 4 heteroatoms. The molecule has 0 atom stereocenters. The van der Waals surface area contributed by atoms with Crippen molar-refractivity contribution in [2.24, 2.45) is 0 Å². The van der Waals surface area contributed by atoms with E-state index in [1.54, 1.807) is 11.3 Å². The molecule has 0 aliphatic heterocycles. The van der Waals surface area contributed by atoms with Gasteiger partial charge in [-0.1, -0.05) is 17.7 Å². The van der Waals surface area contributed by atoms with E-state index in [4.69, 9.17) is 17.3 Å². The number of hydrogen-bond acceptors (Lipinski definition) is 3. The Hall–Kier alpha value is -1.06. The van der Waals surface area contributed by atoms with Crippen LogP contribution in [0.3, 0.4) is 0 Å². The standard InChI is InChI=1S/C10H9ClN2S/c1-6-4-7(11)2-3-8(6)10-13-9(12)5-14-10/h2-5H,12H2,1H3. The molecule has 1 aromatic heterocycles. The Bertz CT molecular complexity index is 465. The number of benzene rings is 1. The van der Waals surface area contributed by atoms with Crippen molar-refractivity contribution in [1.29, 1.82) is 0 Å². The Morgan fingerprint density at radius 1 is 1.43 bits per heavy atom. The smallest absolute Gasteiger partial charge is 0.135 e. The van der Waals surface area contributed by atoms with Gasteiger partial charge in [-0.15, -0.1) is 11.3 Å². The zero-order chi connectivity index (χ0) is 10.1. The van der Waals surface area contributed by atoms with Crippen molar-refractivity contribution in [3.8, 4) is 10.6 Å². The number of thiazole rings is 1. The van der Waals surface area contributed by atoms with E-state index in [-0.39, 0.29) is 0 Å². The van der Waals surface area contributed by atoms with Crippen molar-refractivity contribution in [2.45, 2.75) is 6.92 Å². The Morgan fingerprint density at radius 2 is 2.21 bits per heavy atom. The van der Waals surface area contributed by atoms with Crippen LogP contribution in [-0.4, -0.2) is 4.98 Å². The van der Waals surface area contributed by atoms with Gasteiger partial charge in [-0.3, -0.25) is 0 Å². The largest absolute Gasteiger partial charge is 0.383 e. The van der Waals surface area contributed by atoms with Crippen LogP contribution in [0.1, 0.15) is 5.56 Å². The summed E-state index contributed by atoms with van der Waals surface area (Å²) in [6.45, 7) is 2.01. The van der Waals surface area contributed by atoms with Gasteiger partial charge in [0.25, 0.3) is 0 Å². The summed E-state index contributed by atoms with van der Waals surface area (Å²) in [6, 6.07) is 5.76. The Morgan fingerprint density at radius 3 is 2.79 bits per heavy atom. The first-order valence-corrected chi connectivity index (χ1v) is 5.40. The van der Waals surface area contributed by atoms with Gasteiger partial charge in [0.05, 0.1) is 0 Å². The highest BCUT2D eigenvalue weighted by atomic mass is 35.5. The molecule has 72 valence electrons. The van der Waals surface area contributed by atoms with Crippen LogP contribution in [0.2, 0.25) is 5.02 Å². The second-order valence-electron chi connectivity index (χ2n) is 3.04. The van der Waals surface area contributed by atoms with E-state index in [2.05, 4.69) is 4.98 Å². The first-order chi connectivity index (χ1) is 6.66. The fourth-order valence-electron chi connectivity index (χ4n) is 1.28. The number of halogens is 1. The van der Waals surface area contributed by atoms with Gasteiger partial charge in [0.2, 0.25) is 0 Å². The minimum atomic E-state index is 0.569. The predicted molar refractivity (Wildman–Crippen MR) is 61.7 cm³/mol. The van der Waals surface area contributed by atoms with Gasteiger partial charge in [-0.2, -0.15) is 0 Å². The lowest BCUT2D eigenvalue weighted by Crippen LogP contribution is -1.85. The van der Waals surface area contributed by atoms with E-state index in [0.29, 0.717) is 5.82 Å². The van der Waals surface area contributed by atoms with Crippen molar-refractivity contribution >= 4 is 28.8 Å². The molecule has 2 rings (SSSR count). The van der Waals surface area contributed by atoms with E-state index >= 15 is 0 Å². The minimum Gasteiger partial charge on any atom is -0.383 e. The highest BCUT2D eigenvalue weighted by Gasteiger charge is 2.05. The van der Waals surface area contributed by atoms with Crippen LogP contribution in [0.25, 0.3) is 10.6 Å². The number of nitrogen functional groups attached to an aromatic ring is 1. The molecule has 0 aliphatic carbocycles. The zero-order valence-electron chi connectivity index (χ0n) is 7.62. The molecule has 0 amide bonds. The van der Waals surface area contributed by atoms with Crippen LogP contribution < -0.4 is 5.73 Å². The van der Waals surface area contributed by atoms with Gasteiger partial charge >= 0.3 is 0 Å². The van der Waals surface area contributed by atoms with E-state index in [1.807, 2.05) is 30.5 Å². The number of aryl methyl sites for hydroxylation is 1. The summed E-state index contributed by atoms with van der Waals surface area (Å²) in [5.74, 6) is 0.569. The lowest BCUT2D eigenvalue weighted by Gasteiger charge is -2.01. The van der Waals surface area contributed by atoms with E-state index in [0.717, 1.165) is 21.2 Å². The molecule has 2 N–H and O–H groups in total. The van der Waals surface area contributed by atoms with Crippen LogP contribution in [0, 0.1) is 6.92 Å². The molecule has 0 bridgehead atoms. The van der Waals surface area contributed by atoms with E-state index < -0.39 is 0 Å². The SMILES string of the molecule is Cc1cc(Cl)ccc1-c1nc(N)cs1. The van der Waals surface area contributed by atoms with Crippen LogP contribution in [0.4, 0.5) is 5.82 Å². The van der Waals surface area contributed by atoms with Crippen molar-refractivity contribution in [3.05, 3.63) is 34.2 Å². The minimum absolute atomic E-state index is 0.569. The molecular formula is C10H9ClN2S. The van der Waals surface area contributed by atoms with E-state index in [9.17, 15) is 0 Å². The maximum absolute atomic E-state index is 5.87. The summed E-state index contributed by atoms with van der Waals surface area (Å²) in [4.78, 5) is 4.22. The molecule has 0 radical (unpaired) electrons. The average molecular weight is 225 g/mol. The van der Waals surface area contributed by atoms with Crippen LogP contribution in [0.15, 0.2) is 23.6 Å². The topological polar surface area (TPSA) is 38.9 Å². The van der Waals surface area contributed by atoms with Crippen LogP contribution in [-0.2, 0) is 0 Å². The van der Waals surface area contributed by atoms with Gasteiger partial charge in [0, 0.05) is 16.0 Å². The molecule has 2 nitrogen and oxygen atoms in total. The van der Waals surface area contributed by atoms with E-state index in [1.165, 1.54) is 0 Å². The molecule has 0 unspecified atom stereocenters. The maximum atomic E-state index is 5.87. The number of rotatable bonds is 1. The van der Waals surface area contributed by atoms with Gasteiger partial charge in [0.1, 0.15) is 10.8 Å². The summed E-state index contributed by atoms with van der Waals surface area (Å²) in [7, 11) is 0. The van der Waals surface area contributed by atoms with Gasteiger partial charge < -0.3 is 5.73 Å². The van der Waals surface area contributed by atoms with Gasteiger partial charge in [-0.25, -0.2) is 4.98 Å². The summed E-state index contributed by atoms with van der Waals surface area (Å²) < 4.78 is 0. The summed E-state index contributed by atoms with van der Waals surface area (Å²) in [5.41, 5.74) is 7.78. The molecule has 0 fully saturated rings. The summed E-state index contributed by atoms with van der Waals surface area (Å²) in [5, 5.41) is 3.52. The normalized spacial score (nSPS) is 10.4. The maximum Gasteiger partial charge on any atom is 0.135 e. The molecule has 0 saturated heterocycles. The highest BCUT2D eigenvalue weighted by molar-refractivity contribution is 7.13. The van der Waals surface area contributed by atoms with Crippen molar-refractivity contribution < 1.29 is 0 Å². The highest BCUT2D eigenvalue weighted by Crippen LogP contribution is 2.29. The lowest BCUT2D eigenvalue weighted by atomic mass is 10.1. The fourth-order valence-corrected chi connectivity index (χ4v) is 2.30. The third-order valence-electron chi connectivity index (χ3n) is 1.94.